The maximum atomic E-state index is 12.0. The Bertz CT molecular complexity index is 559. The lowest BCUT2D eigenvalue weighted by atomic mass is 10.2. The minimum absolute atomic E-state index is 0.118. The third-order valence-corrected chi connectivity index (χ3v) is 4.69. The third-order valence-electron chi connectivity index (χ3n) is 2.45. The standard InChI is InChI=1S/C11H11ClO3S/c1-7(13)5-8-6-9-10(12)3-2-4-11(9)16(8,14)15/h2-4,6-7,13H,5H2,1H3. The maximum Gasteiger partial charge on any atom is 0.203 e. The van der Waals surface area contributed by atoms with Crippen LogP contribution in [0.25, 0.3) is 6.08 Å². The van der Waals surface area contributed by atoms with E-state index in [1.54, 1.807) is 25.1 Å². The van der Waals surface area contributed by atoms with Gasteiger partial charge in [-0.15, -0.1) is 0 Å². The Kier molecular flexibility index (Phi) is 2.82. The number of aliphatic hydroxyl groups excluding tert-OH is 1. The fraction of sp³-hybridized carbons (Fsp3) is 0.273. The SMILES string of the molecule is CC(O)CC1=Cc2c(Cl)cccc2S1(=O)=O. The van der Waals surface area contributed by atoms with Crippen LogP contribution < -0.4 is 0 Å². The summed E-state index contributed by atoms with van der Waals surface area (Å²) in [5, 5.41) is 9.67. The highest BCUT2D eigenvalue weighted by Gasteiger charge is 2.31. The second kappa shape index (κ2) is 3.87. The molecule has 1 heterocycles. The molecule has 1 aliphatic rings. The Hall–Kier alpha value is -0.840. The predicted molar refractivity (Wildman–Crippen MR) is 62.9 cm³/mol. The van der Waals surface area contributed by atoms with Crippen molar-refractivity contribution in [3.63, 3.8) is 0 Å². The third kappa shape index (κ3) is 1.77. The van der Waals surface area contributed by atoms with E-state index in [4.69, 9.17) is 11.6 Å². The Morgan fingerprint density at radius 1 is 1.44 bits per heavy atom. The fourth-order valence-electron chi connectivity index (χ4n) is 1.73. The molecule has 16 heavy (non-hydrogen) atoms. The molecule has 0 fully saturated rings. The first kappa shape index (κ1) is 11.6. The summed E-state index contributed by atoms with van der Waals surface area (Å²) < 4.78 is 24.1. The lowest BCUT2D eigenvalue weighted by molar-refractivity contribution is 0.197. The van der Waals surface area contributed by atoms with Gasteiger partial charge in [-0.3, -0.25) is 0 Å². The van der Waals surface area contributed by atoms with Crippen molar-refractivity contribution < 1.29 is 13.5 Å². The minimum Gasteiger partial charge on any atom is -0.393 e. The van der Waals surface area contributed by atoms with Crippen molar-refractivity contribution >= 4 is 27.5 Å². The Balaban J connectivity index is 2.57. The molecule has 1 atom stereocenters. The molecule has 0 saturated heterocycles. The van der Waals surface area contributed by atoms with E-state index in [2.05, 4.69) is 0 Å². The van der Waals surface area contributed by atoms with Crippen LogP contribution in [0.2, 0.25) is 5.02 Å². The highest BCUT2D eigenvalue weighted by molar-refractivity contribution is 7.95. The van der Waals surface area contributed by atoms with Gasteiger partial charge in [0.1, 0.15) is 0 Å². The summed E-state index contributed by atoms with van der Waals surface area (Å²) in [5.74, 6) is 0. The first-order valence-electron chi connectivity index (χ1n) is 4.85. The molecular weight excluding hydrogens is 248 g/mol. The smallest absolute Gasteiger partial charge is 0.203 e. The molecule has 1 N–H and O–H groups in total. The zero-order valence-electron chi connectivity index (χ0n) is 8.64. The van der Waals surface area contributed by atoms with Crippen LogP contribution in [-0.2, 0) is 9.84 Å². The van der Waals surface area contributed by atoms with Gasteiger partial charge in [0.25, 0.3) is 0 Å². The zero-order valence-corrected chi connectivity index (χ0v) is 10.2. The molecule has 2 rings (SSSR count). The highest BCUT2D eigenvalue weighted by Crippen LogP contribution is 2.38. The molecule has 0 radical (unpaired) electrons. The van der Waals surface area contributed by atoms with Gasteiger partial charge < -0.3 is 5.11 Å². The van der Waals surface area contributed by atoms with E-state index in [0.29, 0.717) is 10.6 Å². The molecule has 0 aromatic heterocycles. The van der Waals surface area contributed by atoms with Crippen LogP contribution in [0.4, 0.5) is 0 Å². The average molecular weight is 259 g/mol. The number of aliphatic hydroxyl groups is 1. The van der Waals surface area contributed by atoms with Gasteiger partial charge >= 0.3 is 0 Å². The van der Waals surface area contributed by atoms with Gasteiger partial charge in [-0.05, 0) is 25.1 Å². The van der Waals surface area contributed by atoms with Gasteiger partial charge in [-0.25, -0.2) is 8.42 Å². The molecule has 1 aromatic rings. The van der Waals surface area contributed by atoms with Crippen LogP contribution in [0.15, 0.2) is 28.0 Å². The number of hydrogen-bond donors (Lipinski definition) is 1. The van der Waals surface area contributed by atoms with Gasteiger partial charge in [0.15, 0.2) is 0 Å². The second-order valence-corrected chi connectivity index (χ2v) is 6.20. The van der Waals surface area contributed by atoms with E-state index in [-0.39, 0.29) is 16.2 Å². The van der Waals surface area contributed by atoms with Crippen molar-refractivity contribution in [1.29, 1.82) is 0 Å². The Labute approximate surface area is 99.3 Å². The van der Waals surface area contributed by atoms with Crippen LogP contribution in [0.1, 0.15) is 18.9 Å². The molecule has 0 aliphatic carbocycles. The lowest BCUT2D eigenvalue weighted by Crippen LogP contribution is -2.07. The number of halogens is 1. The summed E-state index contributed by atoms with van der Waals surface area (Å²) in [6, 6.07) is 4.79. The Morgan fingerprint density at radius 3 is 2.69 bits per heavy atom. The average Bonchev–Trinajstić information content (AvgIpc) is 2.41. The van der Waals surface area contributed by atoms with E-state index >= 15 is 0 Å². The Morgan fingerprint density at radius 2 is 2.12 bits per heavy atom. The monoisotopic (exact) mass is 258 g/mol. The van der Waals surface area contributed by atoms with E-state index in [1.807, 2.05) is 0 Å². The predicted octanol–water partition coefficient (Wildman–Crippen LogP) is 2.24. The van der Waals surface area contributed by atoms with Crippen LogP contribution in [0, 0.1) is 0 Å². The van der Waals surface area contributed by atoms with Crippen molar-refractivity contribution in [2.45, 2.75) is 24.3 Å². The second-order valence-electron chi connectivity index (χ2n) is 3.82. The molecule has 0 amide bonds. The maximum absolute atomic E-state index is 12.0. The van der Waals surface area contributed by atoms with E-state index < -0.39 is 15.9 Å². The molecule has 1 aliphatic heterocycles. The van der Waals surface area contributed by atoms with Crippen molar-refractivity contribution in [2.24, 2.45) is 0 Å². The van der Waals surface area contributed by atoms with E-state index in [0.717, 1.165) is 0 Å². The van der Waals surface area contributed by atoms with Gasteiger partial charge in [0, 0.05) is 17.0 Å². The molecule has 0 saturated carbocycles. The molecule has 0 spiro atoms. The molecule has 1 unspecified atom stereocenters. The summed E-state index contributed by atoms with van der Waals surface area (Å²) in [5.41, 5.74) is 0.528. The van der Waals surface area contributed by atoms with Gasteiger partial charge in [0.2, 0.25) is 9.84 Å². The molecule has 0 bridgehead atoms. The molecule has 86 valence electrons. The molecule has 5 heteroatoms. The quantitative estimate of drug-likeness (QED) is 0.885. The lowest BCUT2D eigenvalue weighted by Gasteiger charge is -2.05. The summed E-state index contributed by atoms with van der Waals surface area (Å²) in [6.07, 6.45) is 0.974. The summed E-state index contributed by atoms with van der Waals surface area (Å²) in [7, 11) is -3.45. The molecule has 3 nitrogen and oxygen atoms in total. The number of fused-ring (bicyclic) bond motifs is 1. The van der Waals surface area contributed by atoms with Crippen LogP contribution >= 0.6 is 11.6 Å². The van der Waals surface area contributed by atoms with Gasteiger partial charge in [-0.2, -0.15) is 0 Å². The summed E-state index contributed by atoms with van der Waals surface area (Å²) >= 11 is 5.93. The van der Waals surface area contributed by atoms with E-state index in [9.17, 15) is 13.5 Å². The number of sulfone groups is 1. The van der Waals surface area contributed by atoms with Crippen molar-refractivity contribution in [1.82, 2.24) is 0 Å². The van der Waals surface area contributed by atoms with Gasteiger partial charge in [0.05, 0.1) is 15.9 Å². The normalized spacial score (nSPS) is 19.1. The summed E-state index contributed by atoms with van der Waals surface area (Å²) in [6.45, 7) is 1.56. The zero-order chi connectivity index (χ0) is 11.9. The van der Waals surface area contributed by atoms with Crippen LogP contribution in [0.5, 0.6) is 0 Å². The number of benzene rings is 1. The minimum atomic E-state index is -3.45. The van der Waals surface area contributed by atoms with Crippen LogP contribution in [-0.4, -0.2) is 19.6 Å². The highest BCUT2D eigenvalue weighted by atomic mass is 35.5. The topological polar surface area (TPSA) is 54.4 Å². The fourth-order valence-corrected chi connectivity index (χ4v) is 3.75. The first-order valence-corrected chi connectivity index (χ1v) is 6.71. The van der Waals surface area contributed by atoms with Crippen molar-refractivity contribution in [2.75, 3.05) is 0 Å². The molecule has 1 aromatic carbocycles. The first-order chi connectivity index (χ1) is 7.43. The summed E-state index contributed by atoms with van der Waals surface area (Å²) in [4.78, 5) is 0.459. The van der Waals surface area contributed by atoms with Gasteiger partial charge in [-0.1, -0.05) is 17.7 Å². The van der Waals surface area contributed by atoms with Crippen molar-refractivity contribution in [3.05, 3.63) is 33.7 Å². The number of rotatable bonds is 2. The van der Waals surface area contributed by atoms with E-state index in [1.165, 1.54) is 6.07 Å². The molecular formula is C11H11ClO3S. The van der Waals surface area contributed by atoms with Crippen molar-refractivity contribution in [3.8, 4) is 0 Å². The number of hydrogen-bond acceptors (Lipinski definition) is 3. The van der Waals surface area contributed by atoms with Crippen LogP contribution in [0.3, 0.4) is 0 Å². The largest absolute Gasteiger partial charge is 0.393 e.